The van der Waals surface area contributed by atoms with Crippen molar-refractivity contribution < 1.29 is 4.79 Å². The minimum Gasteiger partial charge on any atom is -0.295 e. The molecule has 0 spiro atoms. The third-order valence-electron chi connectivity index (χ3n) is 6.37. The predicted octanol–water partition coefficient (Wildman–Crippen LogP) is 3.76. The van der Waals surface area contributed by atoms with Gasteiger partial charge in [0.2, 0.25) is 0 Å². The molecule has 0 amide bonds. The molecule has 4 aliphatic rings. The molecule has 0 aliphatic heterocycles. The summed E-state index contributed by atoms with van der Waals surface area (Å²) in [6, 6.07) is 0. The molecule has 1 nitrogen and oxygen atoms in total. The lowest BCUT2D eigenvalue weighted by atomic mass is 9.55. The summed E-state index contributed by atoms with van der Waals surface area (Å²) in [7, 11) is 0. The Morgan fingerprint density at radius 3 is 2.70 bits per heavy atom. The van der Waals surface area contributed by atoms with Crippen LogP contribution in [-0.4, -0.2) is 5.78 Å². The second-order valence-electron chi connectivity index (χ2n) is 7.09. The van der Waals surface area contributed by atoms with Gasteiger partial charge in [-0.2, -0.15) is 0 Å². The molecule has 2 saturated carbocycles. The van der Waals surface area contributed by atoms with E-state index >= 15 is 0 Å². The van der Waals surface area contributed by atoms with Crippen LogP contribution in [-0.2, 0) is 4.79 Å². The van der Waals surface area contributed by atoms with Crippen LogP contribution in [0.25, 0.3) is 0 Å². The van der Waals surface area contributed by atoms with Crippen LogP contribution in [0.1, 0.15) is 38.5 Å². The highest BCUT2D eigenvalue weighted by molar-refractivity contribution is 5.91. The van der Waals surface area contributed by atoms with Crippen molar-refractivity contribution in [2.24, 2.45) is 35.5 Å². The molecule has 0 radical (unpaired) electrons. The third-order valence-corrected chi connectivity index (χ3v) is 6.37. The molecule has 4 aliphatic carbocycles. The number of carbonyl (C=O) groups is 1. The number of fused-ring (bicyclic) bond motifs is 5. The Bertz CT molecular complexity index is 532. The van der Waals surface area contributed by atoms with E-state index in [1.165, 1.54) is 24.8 Å². The highest BCUT2D eigenvalue weighted by atomic mass is 16.1. The molecule has 20 heavy (non-hydrogen) atoms. The van der Waals surface area contributed by atoms with Gasteiger partial charge in [-0.3, -0.25) is 4.79 Å². The van der Waals surface area contributed by atoms with Crippen molar-refractivity contribution >= 4 is 5.78 Å². The van der Waals surface area contributed by atoms with Gasteiger partial charge in [-0.1, -0.05) is 23.6 Å². The van der Waals surface area contributed by atoms with E-state index in [-0.39, 0.29) is 0 Å². The number of rotatable bonds is 0. The zero-order chi connectivity index (χ0) is 13.7. The van der Waals surface area contributed by atoms with Crippen LogP contribution in [0.5, 0.6) is 0 Å². The summed E-state index contributed by atoms with van der Waals surface area (Å²) >= 11 is 0. The fraction of sp³-hybridized carbons (Fsp3) is 0.632. The smallest absolute Gasteiger partial charge is 0.155 e. The second kappa shape index (κ2) is 4.62. The highest BCUT2D eigenvalue weighted by Gasteiger charge is 2.48. The summed E-state index contributed by atoms with van der Waals surface area (Å²) in [5.74, 6) is 7.47. The molecule has 0 aromatic carbocycles. The molecule has 104 valence electrons. The zero-order valence-electron chi connectivity index (χ0n) is 11.9. The second-order valence-corrected chi connectivity index (χ2v) is 7.09. The predicted molar refractivity (Wildman–Crippen MR) is 79.7 cm³/mol. The quantitative estimate of drug-likeness (QED) is 0.482. The van der Waals surface area contributed by atoms with Gasteiger partial charge in [0.25, 0.3) is 0 Å². The molecule has 0 unspecified atom stereocenters. The fourth-order valence-electron chi connectivity index (χ4n) is 5.52. The van der Waals surface area contributed by atoms with Crippen LogP contribution >= 0.6 is 0 Å². The van der Waals surface area contributed by atoms with Gasteiger partial charge < -0.3 is 0 Å². The van der Waals surface area contributed by atoms with Crippen molar-refractivity contribution in [3.05, 3.63) is 23.8 Å². The van der Waals surface area contributed by atoms with Gasteiger partial charge in [-0.05, 0) is 67.8 Å². The van der Waals surface area contributed by atoms with E-state index in [2.05, 4.69) is 18.1 Å². The first-order valence-electron chi connectivity index (χ1n) is 8.15. The Kier molecular flexibility index (Phi) is 2.88. The van der Waals surface area contributed by atoms with Crippen molar-refractivity contribution in [3.8, 4) is 12.3 Å². The van der Waals surface area contributed by atoms with Crippen molar-refractivity contribution in [1.82, 2.24) is 0 Å². The van der Waals surface area contributed by atoms with E-state index in [1.807, 2.05) is 6.08 Å². The van der Waals surface area contributed by atoms with Gasteiger partial charge in [-0.25, -0.2) is 0 Å². The van der Waals surface area contributed by atoms with Gasteiger partial charge in [-0.15, -0.1) is 6.42 Å². The van der Waals surface area contributed by atoms with Gasteiger partial charge in [0.1, 0.15) is 0 Å². The average molecular weight is 266 g/mol. The van der Waals surface area contributed by atoms with Crippen molar-refractivity contribution in [2.75, 3.05) is 0 Å². The molecule has 2 fully saturated rings. The Labute approximate surface area is 121 Å². The first kappa shape index (κ1) is 12.5. The molecule has 0 aromatic rings. The number of hydrogen-bond donors (Lipinski definition) is 0. The lowest BCUT2D eigenvalue weighted by Gasteiger charge is -2.49. The average Bonchev–Trinajstić information content (AvgIpc) is 2.89. The van der Waals surface area contributed by atoms with E-state index in [4.69, 9.17) is 6.42 Å². The first-order chi connectivity index (χ1) is 9.78. The molecule has 4 rings (SSSR count). The van der Waals surface area contributed by atoms with E-state index in [9.17, 15) is 4.79 Å². The van der Waals surface area contributed by atoms with E-state index in [1.54, 1.807) is 0 Å². The Hall–Kier alpha value is -1.29. The lowest BCUT2D eigenvalue weighted by Crippen LogP contribution is -2.41. The number of carbonyl (C=O) groups excluding carboxylic acids is 1. The SMILES string of the molecule is C#C[C@H]1C=C[C@H]2[C@@H]3CCC4=CC(=O)CC[C@@H]4[C@H]3CC[C@@H]21. The molecule has 1 heteroatoms. The maximum absolute atomic E-state index is 11.6. The summed E-state index contributed by atoms with van der Waals surface area (Å²) in [4.78, 5) is 11.6. The number of ketones is 1. The van der Waals surface area contributed by atoms with Crippen LogP contribution in [0, 0.1) is 47.9 Å². The van der Waals surface area contributed by atoms with Crippen molar-refractivity contribution in [2.45, 2.75) is 38.5 Å². The van der Waals surface area contributed by atoms with E-state index < -0.39 is 0 Å². The number of allylic oxidation sites excluding steroid dienone is 4. The highest BCUT2D eigenvalue weighted by Crippen LogP contribution is 2.55. The van der Waals surface area contributed by atoms with Gasteiger partial charge >= 0.3 is 0 Å². The molecule has 0 heterocycles. The first-order valence-corrected chi connectivity index (χ1v) is 8.15. The number of hydrogen-bond acceptors (Lipinski definition) is 1. The molecule has 0 N–H and O–H groups in total. The maximum Gasteiger partial charge on any atom is 0.155 e. The fourth-order valence-corrected chi connectivity index (χ4v) is 5.52. The van der Waals surface area contributed by atoms with Crippen molar-refractivity contribution in [1.29, 1.82) is 0 Å². The van der Waals surface area contributed by atoms with Crippen molar-refractivity contribution in [3.63, 3.8) is 0 Å². The van der Waals surface area contributed by atoms with Gasteiger partial charge in [0.05, 0.1) is 0 Å². The molecular formula is C19H22O. The molecule has 0 bridgehead atoms. The van der Waals surface area contributed by atoms with Crippen LogP contribution in [0.4, 0.5) is 0 Å². The third kappa shape index (κ3) is 1.74. The van der Waals surface area contributed by atoms with Crippen LogP contribution < -0.4 is 0 Å². The zero-order valence-corrected chi connectivity index (χ0v) is 11.9. The van der Waals surface area contributed by atoms with Crippen LogP contribution in [0.2, 0.25) is 0 Å². The summed E-state index contributed by atoms with van der Waals surface area (Å²) < 4.78 is 0. The summed E-state index contributed by atoms with van der Waals surface area (Å²) in [6.07, 6.45) is 19.3. The molecule has 0 aromatic heterocycles. The van der Waals surface area contributed by atoms with Crippen LogP contribution in [0.3, 0.4) is 0 Å². The monoisotopic (exact) mass is 266 g/mol. The van der Waals surface area contributed by atoms with E-state index in [0.29, 0.717) is 29.5 Å². The molecule has 0 saturated heterocycles. The minimum absolute atomic E-state index is 0.358. The Morgan fingerprint density at radius 1 is 1.00 bits per heavy atom. The Morgan fingerprint density at radius 2 is 1.85 bits per heavy atom. The Balaban J connectivity index is 1.61. The number of terminal acetylenes is 1. The summed E-state index contributed by atoms with van der Waals surface area (Å²) in [5.41, 5.74) is 1.47. The normalized spacial score (nSPS) is 46.0. The maximum atomic E-state index is 11.6. The largest absolute Gasteiger partial charge is 0.295 e. The van der Waals surface area contributed by atoms with Gasteiger partial charge in [0, 0.05) is 12.3 Å². The topological polar surface area (TPSA) is 17.1 Å². The summed E-state index contributed by atoms with van der Waals surface area (Å²) in [5, 5.41) is 0. The molecule has 6 atom stereocenters. The molecular weight excluding hydrogens is 244 g/mol. The lowest BCUT2D eigenvalue weighted by molar-refractivity contribution is -0.115. The standard InChI is InChI=1S/C19H22O/c1-2-12-3-6-17-15(12)9-10-18-16-8-5-14(20)11-13(16)4-7-19(17)18/h1,3,6,11-12,15-19H,4-5,7-10H2/t12-,15+,16-,17+,18+,19-/m0/s1. The van der Waals surface area contributed by atoms with Crippen LogP contribution in [0.15, 0.2) is 23.8 Å². The minimum atomic E-state index is 0.358. The van der Waals surface area contributed by atoms with Gasteiger partial charge in [0.15, 0.2) is 5.78 Å². The summed E-state index contributed by atoms with van der Waals surface area (Å²) in [6.45, 7) is 0. The van der Waals surface area contributed by atoms with E-state index in [0.717, 1.165) is 31.1 Å².